The summed E-state index contributed by atoms with van der Waals surface area (Å²) >= 11 is 3.36. The second-order valence-electron chi connectivity index (χ2n) is 4.34. The largest absolute Gasteiger partial charge is 0.490 e. The topological polar surface area (TPSA) is 46.5 Å². The highest BCUT2D eigenvalue weighted by Crippen LogP contribution is 2.29. The minimum Gasteiger partial charge on any atom is -0.490 e. The molecule has 2 unspecified atom stereocenters. The van der Waals surface area contributed by atoms with Crippen molar-refractivity contribution in [2.24, 2.45) is 5.92 Å². The summed E-state index contributed by atoms with van der Waals surface area (Å²) < 4.78 is 6.77. The summed E-state index contributed by atoms with van der Waals surface area (Å²) in [6.45, 7) is 0. The molecule has 0 heterocycles. The Bertz CT molecular complexity index is 388. The zero-order chi connectivity index (χ0) is 12.3. The summed E-state index contributed by atoms with van der Waals surface area (Å²) in [6.07, 6.45) is 3.38. The summed E-state index contributed by atoms with van der Waals surface area (Å²) in [5.74, 6) is -0.370. The summed E-state index contributed by atoms with van der Waals surface area (Å²) in [5, 5.41) is 9.14. The highest BCUT2D eigenvalue weighted by molar-refractivity contribution is 9.10. The first-order valence-electron chi connectivity index (χ1n) is 5.82. The fourth-order valence-corrected chi connectivity index (χ4v) is 2.47. The van der Waals surface area contributed by atoms with Crippen LogP contribution in [-0.4, -0.2) is 17.2 Å². The predicted molar refractivity (Wildman–Crippen MR) is 68.2 cm³/mol. The van der Waals surface area contributed by atoms with Gasteiger partial charge in [0.15, 0.2) is 0 Å². The van der Waals surface area contributed by atoms with Crippen molar-refractivity contribution in [1.29, 1.82) is 0 Å². The Morgan fingerprint density at radius 3 is 2.53 bits per heavy atom. The van der Waals surface area contributed by atoms with Crippen LogP contribution in [0.25, 0.3) is 0 Å². The van der Waals surface area contributed by atoms with Crippen LogP contribution in [0.1, 0.15) is 25.7 Å². The highest BCUT2D eigenvalue weighted by Gasteiger charge is 2.32. The molecular formula is C13H15BrO3. The molecule has 0 bridgehead atoms. The van der Waals surface area contributed by atoms with Gasteiger partial charge in [-0.15, -0.1) is 0 Å². The number of carbonyl (C=O) groups is 1. The van der Waals surface area contributed by atoms with Gasteiger partial charge in [0.2, 0.25) is 0 Å². The minimum atomic E-state index is -0.744. The van der Waals surface area contributed by atoms with Crippen LogP contribution in [0.15, 0.2) is 28.7 Å². The molecule has 2 atom stereocenters. The molecule has 0 radical (unpaired) electrons. The molecule has 92 valence electrons. The van der Waals surface area contributed by atoms with Gasteiger partial charge in [-0.25, -0.2) is 0 Å². The van der Waals surface area contributed by atoms with Crippen molar-refractivity contribution in [2.45, 2.75) is 31.8 Å². The summed E-state index contributed by atoms with van der Waals surface area (Å²) in [4.78, 5) is 11.1. The standard InChI is InChI=1S/C13H15BrO3/c14-9-5-7-10(8-6-9)17-12-4-2-1-3-11(12)13(15)16/h5-8,11-12H,1-4H2,(H,15,16). The Morgan fingerprint density at radius 2 is 1.88 bits per heavy atom. The maximum atomic E-state index is 11.1. The van der Waals surface area contributed by atoms with Gasteiger partial charge in [0.1, 0.15) is 11.9 Å². The third-order valence-corrected chi connectivity index (χ3v) is 3.65. The Kier molecular flexibility index (Phi) is 4.05. The molecule has 1 N–H and O–H groups in total. The highest BCUT2D eigenvalue weighted by atomic mass is 79.9. The molecule has 0 amide bonds. The number of carboxylic acid groups (broad SMARTS) is 1. The fourth-order valence-electron chi connectivity index (χ4n) is 2.21. The molecule has 1 aromatic rings. The molecule has 0 aliphatic heterocycles. The van der Waals surface area contributed by atoms with Gasteiger partial charge in [-0.1, -0.05) is 22.4 Å². The maximum Gasteiger partial charge on any atom is 0.310 e. The first-order chi connectivity index (χ1) is 8.16. The number of rotatable bonds is 3. The second kappa shape index (κ2) is 5.54. The fraction of sp³-hybridized carbons (Fsp3) is 0.462. The number of hydrogen-bond donors (Lipinski definition) is 1. The third-order valence-electron chi connectivity index (χ3n) is 3.12. The van der Waals surface area contributed by atoms with Crippen LogP contribution >= 0.6 is 15.9 Å². The van der Waals surface area contributed by atoms with Crippen LogP contribution in [0.3, 0.4) is 0 Å². The number of benzene rings is 1. The van der Waals surface area contributed by atoms with Crippen molar-refractivity contribution in [1.82, 2.24) is 0 Å². The Labute approximate surface area is 109 Å². The lowest BCUT2D eigenvalue weighted by Crippen LogP contribution is -2.35. The number of aliphatic carboxylic acids is 1. The van der Waals surface area contributed by atoms with Crippen LogP contribution in [0.5, 0.6) is 5.75 Å². The van der Waals surface area contributed by atoms with E-state index in [0.717, 1.165) is 35.9 Å². The van der Waals surface area contributed by atoms with E-state index < -0.39 is 5.97 Å². The molecule has 1 saturated carbocycles. The van der Waals surface area contributed by atoms with Crippen LogP contribution < -0.4 is 4.74 Å². The zero-order valence-corrected chi connectivity index (χ0v) is 11.0. The summed E-state index contributed by atoms with van der Waals surface area (Å²) in [6, 6.07) is 7.51. The molecule has 4 heteroatoms. The molecule has 3 nitrogen and oxygen atoms in total. The maximum absolute atomic E-state index is 11.1. The van der Waals surface area contributed by atoms with E-state index in [1.807, 2.05) is 24.3 Å². The third kappa shape index (κ3) is 3.22. The van der Waals surface area contributed by atoms with Crippen molar-refractivity contribution in [3.63, 3.8) is 0 Å². The lowest BCUT2D eigenvalue weighted by molar-refractivity contribution is -0.146. The molecule has 1 fully saturated rings. The Hall–Kier alpha value is -1.03. The molecule has 0 saturated heterocycles. The molecular weight excluding hydrogens is 284 g/mol. The van der Waals surface area contributed by atoms with Gasteiger partial charge in [-0.05, 0) is 43.5 Å². The average Bonchev–Trinajstić information content (AvgIpc) is 2.32. The predicted octanol–water partition coefficient (Wildman–Crippen LogP) is 3.47. The van der Waals surface area contributed by atoms with Crippen molar-refractivity contribution in [3.05, 3.63) is 28.7 Å². The Morgan fingerprint density at radius 1 is 1.24 bits per heavy atom. The van der Waals surface area contributed by atoms with Crippen LogP contribution in [0.4, 0.5) is 0 Å². The first-order valence-corrected chi connectivity index (χ1v) is 6.61. The lowest BCUT2D eigenvalue weighted by atomic mass is 9.86. The van der Waals surface area contributed by atoms with Gasteiger partial charge < -0.3 is 9.84 Å². The van der Waals surface area contributed by atoms with E-state index in [1.54, 1.807) is 0 Å². The quantitative estimate of drug-likeness (QED) is 0.929. The summed E-state index contributed by atoms with van der Waals surface area (Å²) in [5.41, 5.74) is 0. The smallest absolute Gasteiger partial charge is 0.310 e. The molecule has 1 aliphatic rings. The van der Waals surface area contributed by atoms with Gasteiger partial charge in [-0.2, -0.15) is 0 Å². The SMILES string of the molecule is O=C(O)C1CCCCC1Oc1ccc(Br)cc1. The lowest BCUT2D eigenvalue weighted by Gasteiger charge is -2.29. The van der Waals surface area contributed by atoms with Gasteiger partial charge in [0.05, 0.1) is 5.92 Å². The molecule has 0 spiro atoms. The van der Waals surface area contributed by atoms with E-state index in [1.165, 1.54) is 0 Å². The monoisotopic (exact) mass is 298 g/mol. The van der Waals surface area contributed by atoms with E-state index in [9.17, 15) is 4.79 Å². The van der Waals surface area contributed by atoms with E-state index >= 15 is 0 Å². The van der Waals surface area contributed by atoms with Crippen LogP contribution in [0.2, 0.25) is 0 Å². The van der Waals surface area contributed by atoms with Gasteiger partial charge in [0, 0.05) is 4.47 Å². The average molecular weight is 299 g/mol. The molecule has 1 aromatic carbocycles. The number of ether oxygens (including phenoxy) is 1. The van der Waals surface area contributed by atoms with Gasteiger partial charge in [-0.3, -0.25) is 4.79 Å². The number of halogens is 1. The zero-order valence-electron chi connectivity index (χ0n) is 9.43. The molecule has 0 aromatic heterocycles. The van der Waals surface area contributed by atoms with Crippen LogP contribution in [0, 0.1) is 5.92 Å². The minimum absolute atomic E-state index is 0.192. The molecule has 1 aliphatic carbocycles. The van der Waals surface area contributed by atoms with E-state index in [-0.39, 0.29) is 12.0 Å². The number of carboxylic acids is 1. The van der Waals surface area contributed by atoms with Crippen molar-refractivity contribution in [2.75, 3.05) is 0 Å². The van der Waals surface area contributed by atoms with Crippen molar-refractivity contribution < 1.29 is 14.6 Å². The van der Waals surface area contributed by atoms with Crippen LogP contribution in [-0.2, 0) is 4.79 Å². The Balaban J connectivity index is 2.05. The number of hydrogen-bond acceptors (Lipinski definition) is 2. The van der Waals surface area contributed by atoms with Gasteiger partial charge >= 0.3 is 5.97 Å². The van der Waals surface area contributed by atoms with E-state index in [4.69, 9.17) is 9.84 Å². The van der Waals surface area contributed by atoms with Crippen molar-refractivity contribution >= 4 is 21.9 Å². The molecule has 17 heavy (non-hydrogen) atoms. The van der Waals surface area contributed by atoms with E-state index in [2.05, 4.69) is 15.9 Å². The van der Waals surface area contributed by atoms with E-state index in [0.29, 0.717) is 0 Å². The summed E-state index contributed by atoms with van der Waals surface area (Å²) in [7, 11) is 0. The molecule has 2 rings (SSSR count). The second-order valence-corrected chi connectivity index (χ2v) is 5.26. The normalized spacial score (nSPS) is 24.3. The van der Waals surface area contributed by atoms with Gasteiger partial charge in [0.25, 0.3) is 0 Å². The first kappa shape index (κ1) is 12.4. The van der Waals surface area contributed by atoms with Crippen molar-refractivity contribution in [3.8, 4) is 5.75 Å².